The standard InChI is InChI=1S/C23H31N3O4/c1-15(25-16(2)27)13-28-19-5-7-20(8-6-19)30-23-24-12-18-11-21(9-10-22(18)26-23)29-14-17-3-4-17/h9-12,15,17,19-20H,3-8,13-14H2,1-2H3,(H,25,27)/t15-,19?,20?/m0/s1. The number of benzene rings is 1. The molecule has 2 fully saturated rings. The van der Waals surface area contributed by atoms with Gasteiger partial charge in [0.1, 0.15) is 11.9 Å². The molecule has 1 aromatic heterocycles. The van der Waals surface area contributed by atoms with Crippen LogP contribution in [0.25, 0.3) is 10.9 Å². The molecule has 1 heterocycles. The Labute approximate surface area is 177 Å². The molecule has 1 N–H and O–H groups in total. The van der Waals surface area contributed by atoms with Gasteiger partial charge in [0.2, 0.25) is 5.91 Å². The molecule has 7 heteroatoms. The molecule has 0 saturated heterocycles. The highest BCUT2D eigenvalue weighted by Crippen LogP contribution is 2.30. The molecule has 2 aliphatic carbocycles. The summed E-state index contributed by atoms with van der Waals surface area (Å²) < 4.78 is 17.8. The van der Waals surface area contributed by atoms with Gasteiger partial charge in [0.05, 0.1) is 24.8 Å². The van der Waals surface area contributed by atoms with E-state index < -0.39 is 0 Å². The summed E-state index contributed by atoms with van der Waals surface area (Å²) in [6.07, 6.45) is 8.38. The molecule has 0 radical (unpaired) electrons. The number of fused-ring (bicyclic) bond motifs is 1. The Balaban J connectivity index is 1.24. The molecule has 0 aliphatic heterocycles. The fourth-order valence-corrected chi connectivity index (χ4v) is 3.77. The van der Waals surface area contributed by atoms with Crippen molar-refractivity contribution in [1.82, 2.24) is 15.3 Å². The number of hydrogen-bond donors (Lipinski definition) is 1. The number of rotatable bonds is 9. The van der Waals surface area contributed by atoms with Gasteiger partial charge in [-0.1, -0.05) is 0 Å². The first kappa shape index (κ1) is 20.8. The van der Waals surface area contributed by atoms with Crippen LogP contribution in [0.5, 0.6) is 11.8 Å². The van der Waals surface area contributed by atoms with Crippen LogP contribution in [-0.4, -0.2) is 47.3 Å². The number of carbonyl (C=O) groups excluding carboxylic acids is 1. The molecule has 0 unspecified atom stereocenters. The topological polar surface area (TPSA) is 82.6 Å². The van der Waals surface area contributed by atoms with E-state index >= 15 is 0 Å². The van der Waals surface area contributed by atoms with Crippen LogP contribution < -0.4 is 14.8 Å². The third-order valence-electron chi connectivity index (χ3n) is 5.64. The maximum absolute atomic E-state index is 11.1. The van der Waals surface area contributed by atoms with Crippen LogP contribution in [0.3, 0.4) is 0 Å². The monoisotopic (exact) mass is 413 g/mol. The summed E-state index contributed by atoms with van der Waals surface area (Å²) in [5.41, 5.74) is 0.864. The van der Waals surface area contributed by atoms with Gasteiger partial charge in [0, 0.05) is 24.5 Å². The van der Waals surface area contributed by atoms with Crippen molar-refractivity contribution >= 4 is 16.8 Å². The van der Waals surface area contributed by atoms with Gasteiger partial charge in [0.15, 0.2) is 0 Å². The van der Waals surface area contributed by atoms with E-state index in [0.29, 0.717) is 12.6 Å². The molecule has 2 saturated carbocycles. The first-order valence-corrected chi connectivity index (χ1v) is 11.0. The van der Waals surface area contributed by atoms with Gasteiger partial charge in [-0.3, -0.25) is 4.79 Å². The van der Waals surface area contributed by atoms with Gasteiger partial charge in [-0.2, -0.15) is 4.98 Å². The lowest BCUT2D eigenvalue weighted by Gasteiger charge is -2.29. The van der Waals surface area contributed by atoms with Crippen molar-refractivity contribution in [3.05, 3.63) is 24.4 Å². The molecule has 0 spiro atoms. The molecular weight excluding hydrogens is 382 g/mol. The molecule has 1 aromatic carbocycles. The minimum atomic E-state index is -0.0272. The van der Waals surface area contributed by atoms with Crippen LogP contribution >= 0.6 is 0 Å². The maximum atomic E-state index is 11.1. The average Bonchev–Trinajstić information content (AvgIpc) is 3.56. The van der Waals surface area contributed by atoms with E-state index in [1.165, 1.54) is 19.8 Å². The van der Waals surface area contributed by atoms with Crippen LogP contribution in [0.1, 0.15) is 52.4 Å². The van der Waals surface area contributed by atoms with E-state index in [0.717, 1.165) is 54.9 Å². The summed E-state index contributed by atoms with van der Waals surface area (Å²) in [6.45, 7) is 4.81. The highest BCUT2D eigenvalue weighted by atomic mass is 16.5. The summed E-state index contributed by atoms with van der Waals surface area (Å²) in [5, 5.41) is 3.80. The fourth-order valence-electron chi connectivity index (χ4n) is 3.77. The van der Waals surface area contributed by atoms with E-state index in [9.17, 15) is 4.79 Å². The second-order valence-electron chi connectivity index (χ2n) is 8.58. The van der Waals surface area contributed by atoms with E-state index in [1.807, 2.05) is 25.1 Å². The highest BCUT2D eigenvalue weighted by Gasteiger charge is 2.24. The fraction of sp³-hybridized carbons (Fsp3) is 0.609. The van der Waals surface area contributed by atoms with Crippen LogP contribution in [0.2, 0.25) is 0 Å². The number of aromatic nitrogens is 2. The number of nitrogens with one attached hydrogen (secondary N) is 1. The normalized spacial score (nSPS) is 22.5. The molecule has 1 atom stereocenters. The highest BCUT2D eigenvalue weighted by molar-refractivity contribution is 5.79. The first-order chi connectivity index (χ1) is 14.5. The van der Waals surface area contributed by atoms with Crippen LogP contribution in [-0.2, 0) is 9.53 Å². The Kier molecular flexibility index (Phi) is 6.67. The maximum Gasteiger partial charge on any atom is 0.317 e. The molecule has 1 amide bonds. The lowest BCUT2D eigenvalue weighted by atomic mass is 9.95. The van der Waals surface area contributed by atoms with Gasteiger partial charge in [-0.25, -0.2) is 4.98 Å². The number of amides is 1. The minimum absolute atomic E-state index is 0.0272. The second-order valence-corrected chi connectivity index (χ2v) is 8.58. The van der Waals surface area contributed by atoms with Crippen LogP contribution in [0.4, 0.5) is 0 Å². The van der Waals surface area contributed by atoms with Crippen molar-refractivity contribution in [2.24, 2.45) is 5.92 Å². The van der Waals surface area contributed by atoms with Crippen LogP contribution in [0, 0.1) is 5.92 Å². The third-order valence-corrected chi connectivity index (χ3v) is 5.64. The number of hydrogen-bond acceptors (Lipinski definition) is 6. The van der Waals surface area contributed by atoms with Crippen molar-refractivity contribution in [1.29, 1.82) is 0 Å². The second kappa shape index (κ2) is 9.60. The zero-order valence-electron chi connectivity index (χ0n) is 17.8. The van der Waals surface area contributed by atoms with Crippen molar-refractivity contribution in [2.75, 3.05) is 13.2 Å². The van der Waals surface area contributed by atoms with Gasteiger partial charge in [-0.15, -0.1) is 0 Å². The lowest BCUT2D eigenvalue weighted by Crippen LogP contribution is -2.37. The lowest BCUT2D eigenvalue weighted by molar-refractivity contribution is -0.120. The number of nitrogens with zero attached hydrogens (tertiary/aromatic N) is 2. The Morgan fingerprint density at radius 3 is 2.67 bits per heavy atom. The van der Waals surface area contributed by atoms with Crippen molar-refractivity contribution in [3.63, 3.8) is 0 Å². The first-order valence-electron chi connectivity index (χ1n) is 11.0. The summed E-state index contributed by atoms with van der Waals surface area (Å²) in [4.78, 5) is 20.0. The molecule has 7 nitrogen and oxygen atoms in total. The number of ether oxygens (including phenoxy) is 3. The van der Waals surface area contributed by atoms with E-state index in [-0.39, 0.29) is 24.2 Å². The molecule has 4 rings (SSSR count). The SMILES string of the molecule is CC(=O)N[C@@H](C)COC1CCC(Oc2ncc3cc(OCC4CC4)ccc3n2)CC1. The molecule has 162 valence electrons. The quantitative estimate of drug-likeness (QED) is 0.676. The van der Waals surface area contributed by atoms with Gasteiger partial charge >= 0.3 is 6.01 Å². The largest absolute Gasteiger partial charge is 0.493 e. The Bertz CT molecular complexity index is 863. The van der Waals surface area contributed by atoms with E-state index in [2.05, 4.69) is 15.3 Å². The van der Waals surface area contributed by atoms with E-state index in [1.54, 1.807) is 6.20 Å². The molecule has 30 heavy (non-hydrogen) atoms. The Hall–Kier alpha value is -2.41. The average molecular weight is 414 g/mol. The summed E-state index contributed by atoms with van der Waals surface area (Å²) in [5.74, 6) is 1.58. The summed E-state index contributed by atoms with van der Waals surface area (Å²) in [7, 11) is 0. The third kappa shape index (κ3) is 6.05. The molecule has 2 aliphatic rings. The van der Waals surface area contributed by atoms with Crippen molar-refractivity contribution < 1.29 is 19.0 Å². The smallest absolute Gasteiger partial charge is 0.317 e. The van der Waals surface area contributed by atoms with Crippen molar-refractivity contribution in [3.8, 4) is 11.8 Å². The molecule has 2 aromatic rings. The minimum Gasteiger partial charge on any atom is -0.493 e. The zero-order valence-corrected chi connectivity index (χ0v) is 17.8. The molecular formula is C23H31N3O4. The summed E-state index contributed by atoms with van der Waals surface area (Å²) >= 11 is 0. The van der Waals surface area contributed by atoms with E-state index in [4.69, 9.17) is 14.2 Å². The Morgan fingerprint density at radius 1 is 1.17 bits per heavy atom. The zero-order chi connectivity index (χ0) is 20.9. The van der Waals surface area contributed by atoms with Crippen molar-refractivity contribution in [2.45, 2.75) is 70.6 Å². The summed E-state index contributed by atoms with van der Waals surface area (Å²) in [6, 6.07) is 6.38. The predicted octanol–water partition coefficient (Wildman–Crippen LogP) is 3.65. The predicted molar refractivity (Wildman–Crippen MR) is 114 cm³/mol. The van der Waals surface area contributed by atoms with Gasteiger partial charge in [0.25, 0.3) is 0 Å². The van der Waals surface area contributed by atoms with Gasteiger partial charge < -0.3 is 19.5 Å². The number of carbonyl (C=O) groups is 1. The van der Waals surface area contributed by atoms with Crippen LogP contribution in [0.15, 0.2) is 24.4 Å². The Morgan fingerprint density at radius 2 is 1.93 bits per heavy atom. The van der Waals surface area contributed by atoms with Gasteiger partial charge in [-0.05, 0) is 69.6 Å². The molecule has 0 bridgehead atoms.